The normalized spacial score (nSPS) is 10.3. The highest BCUT2D eigenvalue weighted by molar-refractivity contribution is 6.30. The first kappa shape index (κ1) is 21.8. The zero-order chi connectivity index (χ0) is 22.5. The van der Waals surface area contributed by atoms with Crippen LogP contribution in [-0.4, -0.2) is 23.7 Å². The van der Waals surface area contributed by atoms with Crippen molar-refractivity contribution in [3.8, 4) is 17.2 Å². The van der Waals surface area contributed by atoms with E-state index in [-0.39, 0.29) is 39.3 Å². The lowest BCUT2D eigenvalue weighted by molar-refractivity contribution is -0.385. The van der Waals surface area contributed by atoms with E-state index in [1.54, 1.807) is 24.3 Å². The molecule has 0 radical (unpaired) electrons. The van der Waals surface area contributed by atoms with E-state index in [0.29, 0.717) is 11.3 Å². The Bertz CT molecular complexity index is 1180. The minimum Gasteiger partial charge on any atom is -0.493 e. The molecular formula is C22H17ClN2O6. The zero-order valence-electron chi connectivity index (χ0n) is 16.5. The highest BCUT2D eigenvalue weighted by Gasteiger charge is 2.19. The molecule has 0 saturated carbocycles. The van der Waals surface area contributed by atoms with Gasteiger partial charge >= 0.3 is 5.69 Å². The topological polar surface area (TPSA) is 108 Å². The van der Waals surface area contributed by atoms with Crippen LogP contribution < -0.4 is 14.8 Å². The minimum absolute atomic E-state index is 0.0223. The standard InChI is InChI=1S/C22H17ClN2O6/c1-13(26)14-4-3-5-17(10-14)24-22(27)15-6-8-20(21(11-15)30-2)31-19-9-7-16(23)12-18(19)25(28)29/h3-12H,1-2H3,(H,24,27). The van der Waals surface area contributed by atoms with Crippen LogP contribution in [0.4, 0.5) is 11.4 Å². The molecule has 9 heteroatoms. The van der Waals surface area contributed by atoms with Crippen molar-refractivity contribution in [2.45, 2.75) is 6.92 Å². The number of nitro benzene ring substituents is 1. The molecule has 0 spiro atoms. The molecule has 0 saturated heterocycles. The summed E-state index contributed by atoms with van der Waals surface area (Å²) in [5.41, 5.74) is 0.905. The third-order valence-corrected chi connectivity index (χ3v) is 4.53. The van der Waals surface area contributed by atoms with Crippen molar-refractivity contribution in [2.24, 2.45) is 0 Å². The van der Waals surface area contributed by atoms with Crippen LogP contribution in [0.15, 0.2) is 60.7 Å². The first-order valence-electron chi connectivity index (χ1n) is 9.00. The molecule has 0 aliphatic rings. The van der Waals surface area contributed by atoms with Crippen molar-refractivity contribution in [1.29, 1.82) is 0 Å². The Kier molecular flexibility index (Phi) is 6.52. The summed E-state index contributed by atoms with van der Waals surface area (Å²) in [6, 6.07) is 15.0. The van der Waals surface area contributed by atoms with Gasteiger partial charge in [0.2, 0.25) is 5.75 Å². The molecule has 3 aromatic carbocycles. The average Bonchev–Trinajstić information content (AvgIpc) is 2.75. The maximum Gasteiger partial charge on any atom is 0.313 e. The summed E-state index contributed by atoms with van der Waals surface area (Å²) in [5.74, 6) is -0.179. The molecule has 31 heavy (non-hydrogen) atoms. The summed E-state index contributed by atoms with van der Waals surface area (Å²) >= 11 is 5.82. The van der Waals surface area contributed by atoms with Crippen LogP contribution in [0.2, 0.25) is 5.02 Å². The highest BCUT2D eigenvalue weighted by Crippen LogP contribution is 2.38. The summed E-state index contributed by atoms with van der Waals surface area (Å²) in [6.07, 6.45) is 0. The number of hydrogen-bond acceptors (Lipinski definition) is 6. The number of methoxy groups -OCH3 is 1. The summed E-state index contributed by atoms with van der Waals surface area (Å²) < 4.78 is 10.9. The molecule has 1 N–H and O–H groups in total. The maximum atomic E-state index is 12.6. The first-order chi connectivity index (χ1) is 14.8. The molecule has 8 nitrogen and oxygen atoms in total. The number of nitrogens with zero attached hydrogens (tertiary/aromatic N) is 1. The molecule has 0 atom stereocenters. The number of amides is 1. The molecule has 0 bridgehead atoms. The number of carbonyl (C=O) groups is 2. The largest absolute Gasteiger partial charge is 0.493 e. The van der Waals surface area contributed by atoms with E-state index in [1.807, 2.05) is 0 Å². The van der Waals surface area contributed by atoms with Crippen LogP contribution in [0.25, 0.3) is 0 Å². The molecular weight excluding hydrogens is 424 g/mol. The summed E-state index contributed by atoms with van der Waals surface area (Å²) in [5, 5.41) is 14.2. The predicted molar refractivity (Wildman–Crippen MR) is 116 cm³/mol. The van der Waals surface area contributed by atoms with Crippen molar-refractivity contribution in [2.75, 3.05) is 12.4 Å². The number of nitrogens with one attached hydrogen (secondary N) is 1. The second-order valence-electron chi connectivity index (χ2n) is 6.43. The smallest absolute Gasteiger partial charge is 0.313 e. The molecule has 3 aromatic rings. The average molecular weight is 441 g/mol. The molecule has 0 aromatic heterocycles. The van der Waals surface area contributed by atoms with Crippen molar-refractivity contribution < 1.29 is 24.0 Å². The van der Waals surface area contributed by atoms with Crippen LogP contribution in [0.1, 0.15) is 27.6 Å². The number of nitro groups is 1. The van der Waals surface area contributed by atoms with Gasteiger partial charge in [0.1, 0.15) is 0 Å². The summed E-state index contributed by atoms with van der Waals surface area (Å²) in [7, 11) is 1.39. The number of carbonyl (C=O) groups excluding carboxylic acids is 2. The van der Waals surface area contributed by atoms with Crippen molar-refractivity contribution in [3.05, 3.63) is 86.9 Å². The Labute approximate surface area is 182 Å². The van der Waals surface area contributed by atoms with Gasteiger partial charge < -0.3 is 14.8 Å². The Hall–Kier alpha value is -3.91. The van der Waals surface area contributed by atoms with Gasteiger partial charge in [0.15, 0.2) is 17.3 Å². The van der Waals surface area contributed by atoms with E-state index in [9.17, 15) is 19.7 Å². The quantitative estimate of drug-likeness (QED) is 0.295. The van der Waals surface area contributed by atoms with Crippen LogP contribution in [0.3, 0.4) is 0 Å². The molecule has 158 valence electrons. The maximum absolute atomic E-state index is 12.6. The fraction of sp³-hybridized carbons (Fsp3) is 0.0909. The fourth-order valence-electron chi connectivity index (χ4n) is 2.75. The number of Topliss-reactive ketones (excluding diaryl/α,β-unsaturated/α-hetero) is 1. The predicted octanol–water partition coefficient (Wildman–Crippen LogP) is 5.50. The monoisotopic (exact) mass is 440 g/mol. The van der Waals surface area contributed by atoms with E-state index < -0.39 is 10.8 Å². The summed E-state index contributed by atoms with van der Waals surface area (Å²) in [6.45, 7) is 1.44. The van der Waals surface area contributed by atoms with E-state index in [4.69, 9.17) is 21.1 Å². The van der Waals surface area contributed by atoms with E-state index in [0.717, 1.165) is 0 Å². The lowest BCUT2D eigenvalue weighted by atomic mass is 10.1. The number of ketones is 1. The number of rotatable bonds is 7. The van der Waals surface area contributed by atoms with Crippen molar-refractivity contribution in [3.63, 3.8) is 0 Å². The lowest BCUT2D eigenvalue weighted by Crippen LogP contribution is -2.12. The van der Waals surface area contributed by atoms with Gasteiger partial charge in [0, 0.05) is 27.9 Å². The molecule has 3 rings (SSSR count). The number of hydrogen-bond donors (Lipinski definition) is 1. The first-order valence-corrected chi connectivity index (χ1v) is 9.38. The number of ether oxygens (including phenoxy) is 2. The Morgan fingerprint density at radius 1 is 0.968 bits per heavy atom. The number of halogens is 1. The lowest BCUT2D eigenvalue weighted by Gasteiger charge is -2.12. The van der Waals surface area contributed by atoms with Crippen LogP contribution in [0.5, 0.6) is 17.2 Å². The molecule has 0 aliphatic carbocycles. The van der Waals surface area contributed by atoms with E-state index in [2.05, 4.69) is 5.32 Å². The van der Waals surface area contributed by atoms with Gasteiger partial charge in [-0.15, -0.1) is 0 Å². The zero-order valence-corrected chi connectivity index (χ0v) is 17.3. The van der Waals surface area contributed by atoms with Crippen molar-refractivity contribution >= 4 is 34.7 Å². The van der Waals surface area contributed by atoms with Gasteiger partial charge in [-0.25, -0.2) is 0 Å². The Balaban J connectivity index is 1.85. The van der Waals surface area contributed by atoms with Gasteiger partial charge in [0.05, 0.1) is 12.0 Å². The molecule has 0 unspecified atom stereocenters. The fourth-order valence-corrected chi connectivity index (χ4v) is 2.92. The Morgan fingerprint density at radius 3 is 2.39 bits per heavy atom. The Morgan fingerprint density at radius 2 is 1.71 bits per heavy atom. The SMILES string of the molecule is COc1cc(C(=O)Nc2cccc(C(C)=O)c2)ccc1Oc1ccc(Cl)cc1[N+](=O)[O-]. The van der Waals surface area contributed by atoms with Gasteiger partial charge in [0.25, 0.3) is 5.91 Å². The third-order valence-electron chi connectivity index (χ3n) is 4.29. The van der Waals surface area contributed by atoms with E-state index >= 15 is 0 Å². The molecule has 0 aliphatic heterocycles. The van der Waals surface area contributed by atoms with Crippen LogP contribution in [0, 0.1) is 10.1 Å². The van der Waals surface area contributed by atoms with Crippen LogP contribution in [-0.2, 0) is 0 Å². The van der Waals surface area contributed by atoms with Gasteiger partial charge in [-0.05, 0) is 49.4 Å². The number of benzene rings is 3. The third kappa shape index (κ3) is 5.18. The number of anilines is 1. The molecule has 0 heterocycles. The second kappa shape index (κ2) is 9.27. The second-order valence-corrected chi connectivity index (χ2v) is 6.86. The minimum atomic E-state index is -0.606. The molecule has 1 amide bonds. The van der Waals surface area contributed by atoms with E-state index in [1.165, 1.54) is 50.4 Å². The summed E-state index contributed by atoms with van der Waals surface area (Å²) in [4.78, 5) is 34.8. The molecule has 0 fully saturated rings. The highest BCUT2D eigenvalue weighted by atomic mass is 35.5. The van der Waals surface area contributed by atoms with Crippen molar-refractivity contribution in [1.82, 2.24) is 0 Å². The van der Waals surface area contributed by atoms with Gasteiger partial charge in [-0.3, -0.25) is 19.7 Å². The van der Waals surface area contributed by atoms with Gasteiger partial charge in [-0.1, -0.05) is 23.7 Å². The van der Waals surface area contributed by atoms with Gasteiger partial charge in [-0.2, -0.15) is 0 Å². The van der Waals surface area contributed by atoms with Crippen LogP contribution >= 0.6 is 11.6 Å².